The SMILES string of the molecule is CO[C@@H]1CN[C@@H](c2nc(-c3cn[nH]n3)no2)C1. The third kappa shape index (κ3) is 1.92. The van der Waals surface area contributed by atoms with Crippen molar-refractivity contribution in [2.24, 2.45) is 0 Å². The fourth-order valence-electron chi connectivity index (χ4n) is 1.86. The summed E-state index contributed by atoms with van der Waals surface area (Å²) < 4.78 is 10.5. The number of aromatic amines is 1. The van der Waals surface area contributed by atoms with Gasteiger partial charge in [-0.25, -0.2) is 0 Å². The number of H-pyrrole nitrogens is 1. The molecule has 2 N–H and O–H groups in total. The van der Waals surface area contributed by atoms with E-state index in [4.69, 9.17) is 9.26 Å². The molecule has 2 aromatic rings. The molecule has 1 saturated heterocycles. The fourth-order valence-corrected chi connectivity index (χ4v) is 1.86. The van der Waals surface area contributed by atoms with Crippen LogP contribution in [0.3, 0.4) is 0 Å². The summed E-state index contributed by atoms with van der Waals surface area (Å²) in [6.45, 7) is 0.794. The number of nitrogens with one attached hydrogen (secondary N) is 2. The largest absolute Gasteiger partial charge is 0.380 e. The Hall–Kier alpha value is -1.80. The third-order valence-electron chi connectivity index (χ3n) is 2.81. The van der Waals surface area contributed by atoms with E-state index in [1.165, 1.54) is 0 Å². The zero-order valence-electron chi connectivity index (χ0n) is 9.25. The van der Waals surface area contributed by atoms with E-state index in [1.807, 2.05) is 0 Å². The number of ether oxygens (including phenoxy) is 1. The predicted octanol–water partition coefficient (Wildman–Crippen LogP) is -0.0959. The van der Waals surface area contributed by atoms with Crippen molar-refractivity contribution >= 4 is 0 Å². The number of nitrogens with zero attached hydrogens (tertiary/aromatic N) is 4. The maximum absolute atomic E-state index is 5.26. The van der Waals surface area contributed by atoms with Gasteiger partial charge in [0.1, 0.15) is 0 Å². The summed E-state index contributed by atoms with van der Waals surface area (Å²) >= 11 is 0. The first-order valence-electron chi connectivity index (χ1n) is 5.32. The molecule has 1 aliphatic rings. The fraction of sp³-hybridized carbons (Fsp3) is 0.556. The van der Waals surface area contributed by atoms with Crippen LogP contribution in [0.15, 0.2) is 10.7 Å². The summed E-state index contributed by atoms with van der Waals surface area (Å²) in [6.07, 6.45) is 2.58. The third-order valence-corrected chi connectivity index (χ3v) is 2.81. The van der Waals surface area contributed by atoms with Crippen LogP contribution in [0.25, 0.3) is 11.5 Å². The topological polar surface area (TPSA) is 102 Å². The lowest BCUT2D eigenvalue weighted by Crippen LogP contribution is -2.16. The van der Waals surface area contributed by atoms with Crippen molar-refractivity contribution in [3.05, 3.63) is 12.1 Å². The van der Waals surface area contributed by atoms with Gasteiger partial charge in [-0.1, -0.05) is 5.16 Å². The van der Waals surface area contributed by atoms with E-state index in [-0.39, 0.29) is 12.1 Å². The van der Waals surface area contributed by atoms with E-state index in [0.29, 0.717) is 17.4 Å². The molecule has 0 radical (unpaired) electrons. The Labute approximate surface area is 96.7 Å². The van der Waals surface area contributed by atoms with Gasteiger partial charge in [0.15, 0.2) is 5.69 Å². The Morgan fingerprint density at radius 1 is 1.53 bits per heavy atom. The minimum Gasteiger partial charge on any atom is -0.380 e. The number of aromatic nitrogens is 5. The Morgan fingerprint density at radius 2 is 2.47 bits per heavy atom. The quantitative estimate of drug-likeness (QED) is 0.767. The average molecular weight is 236 g/mol. The summed E-state index contributed by atoms with van der Waals surface area (Å²) in [4.78, 5) is 4.29. The summed E-state index contributed by atoms with van der Waals surface area (Å²) in [5.74, 6) is 0.999. The van der Waals surface area contributed by atoms with Crippen molar-refractivity contribution < 1.29 is 9.26 Å². The van der Waals surface area contributed by atoms with Gasteiger partial charge in [0.2, 0.25) is 11.7 Å². The molecular weight excluding hydrogens is 224 g/mol. The molecule has 0 aromatic carbocycles. The number of rotatable bonds is 3. The molecule has 8 heteroatoms. The van der Waals surface area contributed by atoms with E-state index in [2.05, 4.69) is 30.9 Å². The molecule has 2 atom stereocenters. The highest BCUT2D eigenvalue weighted by Gasteiger charge is 2.29. The molecule has 3 rings (SSSR count). The van der Waals surface area contributed by atoms with E-state index in [1.54, 1.807) is 13.3 Å². The van der Waals surface area contributed by atoms with Crippen LogP contribution in [0.4, 0.5) is 0 Å². The summed E-state index contributed by atoms with van der Waals surface area (Å²) in [5, 5.41) is 17.2. The molecule has 0 saturated carbocycles. The van der Waals surface area contributed by atoms with Gasteiger partial charge < -0.3 is 14.6 Å². The van der Waals surface area contributed by atoms with Crippen LogP contribution in [0.2, 0.25) is 0 Å². The highest BCUT2D eigenvalue weighted by Crippen LogP contribution is 2.24. The van der Waals surface area contributed by atoms with Crippen LogP contribution in [-0.2, 0) is 4.74 Å². The minimum absolute atomic E-state index is 0.0492. The van der Waals surface area contributed by atoms with Gasteiger partial charge in [-0.2, -0.15) is 20.4 Å². The lowest BCUT2D eigenvalue weighted by Gasteiger charge is -2.03. The Morgan fingerprint density at radius 3 is 3.18 bits per heavy atom. The Bertz CT molecular complexity index is 481. The predicted molar refractivity (Wildman–Crippen MR) is 55.8 cm³/mol. The molecule has 0 aliphatic carbocycles. The van der Waals surface area contributed by atoms with Gasteiger partial charge in [-0.3, -0.25) is 0 Å². The molecule has 2 aromatic heterocycles. The van der Waals surface area contributed by atoms with Crippen LogP contribution in [0.5, 0.6) is 0 Å². The number of hydrogen-bond acceptors (Lipinski definition) is 7. The van der Waals surface area contributed by atoms with Crippen LogP contribution in [0, 0.1) is 0 Å². The lowest BCUT2D eigenvalue weighted by molar-refractivity contribution is 0.116. The van der Waals surface area contributed by atoms with E-state index >= 15 is 0 Å². The molecule has 3 heterocycles. The van der Waals surface area contributed by atoms with E-state index in [9.17, 15) is 0 Å². The normalized spacial score (nSPS) is 24.3. The zero-order chi connectivity index (χ0) is 11.7. The molecule has 17 heavy (non-hydrogen) atoms. The smallest absolute Gasteiger partial charge is 0.244 e. The van der Waals surface area contributed by atoms with Crippen LogP contribution >= 0.6 is 0 Å². The summed E-state index contributed by atoms with van der Waals surface area (Å²) in [5.41, 5.74) is 0.571. The second-order valence-electron chi connectivity index (χ2n) is 3.87. The van der Waals surface area contributed by atoms with Crippen molar-refractivity contribution in [2.45, 2.75) is 18.6 Å². The summed E-state index contributed by atoms with van der Waals surface area (Å²) in [6, 6.07) is 0.0492. The maximum Gasteiger partial charge on any atom is 0.244 e. The number of methoxy groups -OCH3 is 1. The Balaban J connectivity index is 1.77. The maximum atomic E-state index is 5.26. The van der Waals surface area contributed by atoms with Crippen LogP contribution in [-0.4, -0.2) is 45.3 Å². The summed E-state index contributed by atoms with van der Waals surface area (Å²) in [7, 11) is 1.70. The Kier molecular flexibility index (Phi) is 2.57. The number of hydrogen-bond donors (Lipinski definition) is 2. The second kappa shape index (κ2) is 4.22. The van der Waals surface area contributed by atoms with Gasteiger partial charge in [0.05, 0.1) is 18.3 Å². The van der Waals surface area contributed by atoms with Gasteiger partial charge in [0, 0.05) is 13.7 Å². The van der Waals surface area contributed by atoms with Gasteiger partial charge >= 0.3 is 0 Å². The molecule has 1 fully saturated rings. The molecular formula is C9H12N6O2. The van der Waals surface area contributed by atoms with Crippen molar-refractivity contribution in [2.75, 3.05) is 13.7 Å². The standard InChI is InChI=1S/C9H12N6O2/c1-16-5-2-6(10-3-5)9-12-8(14-17-9)7-4-11-15-13-7/h4-6,10H,2-3H2,1H3,(H,11,13,15)/t5-,6+/m0/s1. The lowest BCUT2D eigenvalue weighted by atomic mass is 10.2. The molecule has 0 spiro atoms. The van der Waals surface area contributed by atoms with Gasteiger partial charge in [0.25, 0.3) is 0 Å². The molecule has 8 nitrogen and oxygen atoms in total. The van der Waals surface area contributed by atoms with Gasteiger partial charge in [-0.15, -0.1) is 0 Å². The van der Waals surface area contributed by atoms with Crippen molar-refractivity contribution in [3.8, 4) is 11.5 Å². The van der Waals surface area contributed by atoms with Crippen molar-refractivity contribution in [3.63, 3.8) is 0 Å². The highest BCUT2D eigenvalue weighted by molar-refractivity contribution is 5.44. The minimum atomic E-state index is 0.0492. The van der Waals surface area contributed by atoms with Crippen molar-refractivity contribution in [1.82, 2.24) is 30.9 Å². The molecule has 90 valence electrons. The van der Waals surface area contributed by atoms with Crippen LogP contribution in [0.1, 0.15) is 18.4 Å². The van der Waals surface area contributed by atoms with E-state index in [0.717, 1.165) is 13.0 Å². The molecule has 0 amide bonds. The first-order valence-corrected chi connectivity index (χ1v) is 5.32. The van der Waals surface area contributed by atoms with Crippen molar-refractivity contribution in [1.29, 1.82) is 0 Å². The van der Waals surface area contributed by atoms with Crippen LogP contribution < -0.4 is 5.32 Å². The molecule has 1 aliphatic heterocycles. The van der Waals surface area contributed by atoms with Gasteiger partial charge in [-0.05, 0) is 6.42 Å². The van der Waals surface area contributed by atoms with E-state index < -0.39 is 0 Å². The zero-order valence-corrected chi connectivity index (χ0v) is 9.25. The monoisotopic (exact) mass is 236 g/mol. The first kappa shape index (κ1) is 10.4. The average Bonchev–Trinajstić information content (AvgIpc) is 3.09. The molecule has 0 bridgehead atoms. The first-order chi connectivity index (χ1) is 8.36. The highest BCUT2D eigenvalue weighted by atomic mass is 16.5. The second-order valence-corrected chi connectivity index (χ2v) is 3.87. The molecule has 0 unspecified atom stereocenters.